The number of aromatic nitrogens is 1. The average molecular weight is 339 g/mol. The second-order valence-corrected chi connectivity index (χ2v) is 5.95. The summed E-state index contributed by atoms with van der Waals surface area (Å²) in [4.78, 5) is 30.4. The fraction of sp³-hybridized carbons (Fsp3) is 0.316. The molecule has 0 saturated carbocycles. The highest BCUT2D eigenvalue weighted by Gasteiger charge is 2.35. The minimum atomic E-state index is -0.384. The van der Waals surface area contributed by atoms with Gasteiger partial charge in [0.15, 0.2) is 0 Å². The smallest absolute Gasteiger partial charge is 0.230 e. The van der Waals surface area contributed by atoms with E-state index in [1.54, 1.807) is 29.3 Å². The van der Waals surface area contributed by atoms with Crippen LogP contribution in [0.15, 0.2) is 48.7 Å². The molecule has 1 atom stereocenters. The second kappa shape index (κ2) is 7.79. The predicted octanol–water partition coefficient (Wildman–Crippen LogP) is 2.86. The third-order valence-electron chi connectivity index (χ3n) is 4.03. The number of benzene rings is 1. The standard InChI is InChI=1S/C19H21N3O3/c1-2-11-25-16-8-6-15(7-9-16)22-13-14(12-18(22)23)19(24)21-17-5-3-4-10-20-17/h3-10,14H,2,11-13H2,1H3,(H,20,21,24)/t14-/m1/s1. The van der Waals surface area contributed by atoms with Crippen LogP contribution < -0.4 is 15.0 Å². The minimum Gasteiger partial charge on any atom is -0.494 e. The van der Waals surface area contributed by atoms with Crippen LogP contribution in [0, 0.1) is 5.92 Å². The van der Waals surface area contributed by atoms with Crippen molar-refractivity contribution in [3.05, 3.63) is 48.7 Å². The summed E-state index contributed by atoms with van der Waals surface area (Å²) in [5.41, 5.74) is 0.780. The lowest BCUT2D eigenvalue weighted by atomic mass is 10.1. The highest BCUT2D eigenvalue weighted by atomic mass is 16.5. The lowest BCUT2D eigenvalue weighted by Gasteiger charge is -2.17. The largest absolute Gasteiger partial charge is 0.494 e. The number of anilines is 2. The molecule has 3 rings (SSSR count). The maximum absolute atomic E-state index is 12.4. The molecule has 1 fully saturated rings. The molecule has 6 nitrogen and oxygen atoms in total. The number of carbonyl (C=O) groups is 2. The number of hydrogen-bond acceptors (Lipinski definition) is 4. The molecule has 2 aromatic rings. The molecule has 6 heteroatoms. The number of nitrogens with one attached hydrogen (secondary N) is 1. The quantitative estimate of drug-likeness (QED) is 0.878. The third kappa shape index (κ3) is 4.15. The summed E-state index contributed by atoms with van der Waals surface area (Å²) in [7, 11) is 0. The van der Waals surface area contributed by atoms with Crippen molar-refractivity contribution in [2.75, 3.05) is 23.4 Å². The Bertz CT molecular complexity index is 731. The van der Waals surface area contributed by atoms with Gasteiger partial charge in [-0.1, -0.05) is 13.0 Å². The molecule has 0 radical (unpaired) electrons. The molecule has 1 N–H and O–H groups in total. The molecular formula is C19H21N3O3. The van der Waals surface area contributed by atoms with Crippen molar-refractivity contribution >= 4 is 23.3 Å². The normalized spacial score (nSPS) is 16.8. The first-order valence-electron chi connectivity index (χ1n) is 8.42. The highest BCUT2D eigenvalue weighted by Crippen LogP contribution is 2.27. The van der Waals surface area contributed by atoms with Crippen LogP contribution in [0.5, 0.6) is 5.75 Å². The van der Waals surface area contributed by atoms with Crippen molar-refractivity contribution in [2.45, 2.75) is 19.8 Å². The van der Waals surface area contributed by atoms with Crippen LogP contribution in [-0.2, 0) is 9.59 Å². The number of hydrogen-bond donors (Lipinski definition) is 1. The Morgan fingerprint density at radius 2 is 2.08 bits per heavy atom. The van der Waals surface area contributed by atoms with Crippen molar-refractivity contribution in [3.8, 4) is 5.75 Å². The summed E-state index contributed by atoms with van der Waals surface area (Å²) in [6.07, 6.45) is 2.76. The van der Waals surface area contributed by atoms with Gasteiger partial charge in [0.2, 0.25) is 11.8 Å². The highest BCUT2D eigenvalue weighted by molar-refractivity contribution is 6.03. The van der Waals surface area contributed by atoms with Gasteiger partial charge < -0.3 is 15.0 Å². The Labute approximate surface area is 146 Å². The molecule has 1 saturated heterocycles. The van der Waals surface area contributed by atoms with E-state index < -0.39 is 0 Å². The lowest BCUT2D eigenvalue weighted by Crippen LogP contribution is -2.28. The van der Waals surface area contributed by atoms with Crippen LogP contribution in [0.2, 0.25) is 0 Å². The van der Waals surface area contributed by atoms with E-state index in [2.05, 4.69) is 10.3 Å². The van der Waals surface area contributed by atoms with Crippen LogP contribution in [0.25, 0.3) is 0 Å². The Morgan fingerprint density at radius 1 is 1.28 bits per heavy atom. The first-order chi connectivity index (χ1) is 12.2. The van der Waals surface area contributed by atoms with Gasteiger partial charge in [0.1, 0.15) is 11.6 Å². The van der Waals surface area contributed by atoms with Crippen LogP contribution in [-0.4, -0.2) is 29.9 Å². The fourth-order valence-corrected chi connectivity index (χ4v) is 2.74. The van der Waals surface area contributed by atoms with E-state index in [-0.39, 0.29) is 24.2 Å². The number of pyridine rings is 1. The summed E-state index contributed by atoms with van der Waals surface area (Å²) in [5, 5.41) is 2.76. The lowest BCUT2D eigenvalue weighted by molar-refractivity contribution is -0.122. The van der Waals surface area contributed by atoms with Gasteiger partial charge in [-0.3, -0.25) is 9.59 Å². The van der Waals surface area contributed by atoms with Gasteiger partial charge in [-0.25, -0.2) is 4.98 Å². The predicted molar refractivity (Wildman–Crippen MR) is 95.6 cm³/mol. The molecule has 0 bridgehead atoms. The molecule has 130 valence electrons. The number of carbonyl (C=O) groups excluding carboxylic acids is 2. The summed E-state index contributed by atoms with van der Waals surface area (Å²) in [6.45, 7) is 3.08. The molecular weight excluding hydrogens is 318 g/mol. The Morgan fingerprint density at radius 3 is 2.76 bits per heavy atom. The SMILES string of the molecule is CCCOc1ccc(N2C[C@H](C(=O)Nc3ccccn3)CC2=O)cc1. The van der Waals surface area contributed by atoms with Gasteiger partial charge in [0.25, 0.3) is 0 Å². The zero-order valence-electron chi connectivity index (χ0n) is 14.1. The zero-order valence-corrected chi connectivity index (χ0v) is 14.1. The first-order valence-corrected chi connectivity index (χ1v) is 8.42. The molecule has 0 unspecified atom stereocenters. The van der Waals surface area contributed by atoms with Crippen LogP contribution in [0.1, 0.15) is 19.8 Å². The van der Waals surface area contributed by atoms with E-state index in [1.165, 1.54) is 0 Å². The van der Waals surface area contributed by atoms with Gasteiger partial charge >= 0.3 is 0 Å². The van der Waals surface area contributed by atoms with Crippen molar-refractivity contribution in [1.82, 2.24) is 4.98 Å². The average Bonchev–Trinajstić information content (AvgIpc) is 3.03. The van der Waals surface area contributed by atoms with Crippen LogP contribution >= 0.6 is 0 Å². The number of rotatable bonds is 6. The molecule has 0 aliphatic carbocycles. The molecule has 1 aliphatic heterocycles. The maximum atomic E-state index is 12.4. The Balaban J connectivity index is 1.63. The number of nitrogens with zero attached hydrogens (tertiary/aromatic N) is 2. The maximum Gasteiger partial charge on any atom is 0.230 e. The molecule has 1 aliphatic rings. The first kappa shape index (κ1) is 17.0. The van der Waals surface area contributed by atoms with Gasteiger partial charge in [-0.2, -0.15) is 0 Å². The van der Waals surface area contributed by atoms with E-state index in [0.717, 1.165) is 17.9 Å². The second-order valence-electron chi connectivity index (χ2n) is 5.95. The molecule has 25 heavy (non-hydrogen) atoms. The molecule has 2 heterocycles. The van der Waals surface area contributed by atoms with Crippen molar-refractivity contribution in [3.63, 3.8) is 0 Å². The molecule has 0 spiro atoms. The monoisotopic (exact) mass is 339 g/mol. The van der Waals surface area contributed by atoms with Crippen molar-refractivity contribution in [2.24, 2.45) is 5.92 Å². The van der Waals surface area contributed by atoms with E-state index in [9.17, 15) is 9.59 Å². The van der Waals surface area contributed by atoms with Crippen LogP contribution in [0.3, 0.4) is 0 Å². The van der Waals surface area contributed by atoms with E-state index >= 15 is 0 Å². The number of ether oxygens (including phenoxy) is 1. The number of amides is 2. The van der Waals surface area contributed by atoms with Gasteiger partial charge in [-0.15, -0.1) is 0 Å². The van der Waals surface area contributed by atoms with Gasteiger partial charge in [-0.05, 0) is 42.8 Å². The zero-order chi connectivity index (χ0) is 17.6. The summed E-state index contributed by atoms with van der Waals surface area (Å²) in [6, 6.07) is 12.7. The van der Waals surface area contributed by atoms with Crippen LogP contribution in [0.4, 0.5) is 11.5 Å². The molecule has 1 aromatic carbocycles. The van der Waals surface area contributed by atoms with E-state index in [0.29, 0.717) is 19.0 Å². The Hall–Kier alpha value is -2.89. The summed E-state index contributed by atoms with van der Waals surface area (Å²) in [5.74, 6) is 0.656. The van der Waals surface area contributed by atoms with E-state index in [1.807, 2.05) is 31.2 Å². The van der Waals surface area contributed by atoms with Crippen molar-refractivity contribution < 1.29 is 14.3 Å². The summed E-state index contributed by atoms with van der Waals surface area (Å²) < 4.78 is 5.55. The topological polar surface area (TPSA) is 71.5 Å². The molecule has 2 amide bonds. The minimum absolute atomic E-state index is 0.0524. The van der Waals surface area contributed by atoms with Crippen molar-refractivity contribution in [1.29, 1.82) is 0 Å². The van der Waals surface area contributed by atoms with Gasteiger partial charge in [0.05, 0.1) is 12.5 Å². The summed E-state index contributed by atoms with van der Waals surface area (Å²) >= 11 is 0. The van der Waals surface area contributed by atoms with Gasteiger partial charge in [0, 0.05) is 24.8 Å². The molecule has 1 aromatic heterocycles. The Kier molecular flexibility index (Phi) is 5.28. The van der Waals surface area contributed by atoms with E-state index in [4.69, 9.17) is 4.74 Å². The third-order valence-corrected chi connectivity index (χ3v) is 4.03. The fourth-order valence-electron chi connectivity index (χ4n) is 2.74.